The molecule has 126 valence electrons. The third-order valence-corrected chi connectivity index (χ3v) is 6.07. The minimum absolute atomic E-state index is 0.0945. The topological polar surface area (TPSA) is 54.5 Å². The lowest BCUT2D eigenvalue weighted by Gasteiger charge is -2.33. The molecule has 3 heterocycles. The SMILES string of the molecule is O=C(NC1CCN(C[C@H]2CCOC2)CC1)c1scnc1C1CC1. The van der Waals surface area contributed by atoms with Crippen LogP contribution in [-0.2, 0) is 4.74 Å². The normalized spacial score (nSPS) is 26.5. The maximum absolute atomic E-state index is 12.5. The third kappa shape index (κ3) is 3.75. The summed E-state index contributed by atoms with van der Waals surface area (Å²) >= 11 is 1.49. The van der Waals surface area contributed by atoms with Crippen LogP contribution in [0.25, 0.3) is 0 Å². The van der Waals surface area contributed by atoms with Crippen molar-refractivity contribution >= 4 is 17.2 Å². The molecule has 2 saturated heterocycles. The first-order chi connectivity index (χ1) is 11.3. The van der Waals surface area contributed by atoms with Gasteiger partial charge < -0.3 is 15.0 Å². The van der Waals surface area contributed by atoms with Gasteiger partial charge in [-0.3, -0.25) is 4.79 Å². The maximum Gasteiger partial charge on any atom is 0.263 e. The number of carbonyl (C=O) groups excluding carboxylic acids is 1. The van der Waals surface area contributed by atoms with E-state index in [9.17, 15) is 4.79 Å². The number of ether oxygens (including phenoxy) is 1. The average molecular weight is 335 g/mol. The van der Waals surface area contributed by atoms with Crippen molar-refractivity contribution in [2.45, 2.75) is 44.1 Å². The molecule has 0 spiro atoms. The molecular weight excluding hydrogens is 310 g/mol. The number of thiazole rings is 1. The maximum atomic E-state index is 12.5. The van der Waals surface area contributed by atoms with Gasteiger partial charge in [0.15, 0.2) is 0 Å². The van der Waals surface area contributed by atoms with Gasteiger partial charge in [-0.15, -0.1) is 11.3 Å². The van der Waals surface area contributed by atoms with Crippen LogP contribution in [0.2, 0.25) is 0 Å². The molecule has 0 unspecified atom stereocenters. The molecular formula is C17H25N3O2S. The van der Waals surface area contributed by atoms with Crippen molar-refractivity contribution in [1.82, 2.24) is 15.2 Å². The first-order valence-corrected chi connectivity index (χ1v) is 9.72. The number of nitrogens with one attached hydrogen (secondary N) is 1. The van der Waals surface area contributed by atoms with Gasteiger partial charge in [0, 0.05) is 38.2 Å². The lowest BCUT2D eigenvalue weighted by Crippen LogP contribution is -2.45. The Morgan fingerprint density at radius 3 is 2.83 bits per heavy atom. The van der Waals surface area contributed by atoms with Crippen LogP contribution in [0.5, 0.6) is 0 Å². The predicted octanol–water partition coefficient (Wildman–Crippen LogP) is 2.25. The van der Waals surface area contributed by atoms with Crippen LogP contribution < -0.4 is 5.32 Å². The van der Waals surface area contributed by atoms with Crippen molar-refractivity contribution in [3.63, 3.8) is 0 Å². The second-order valence-electron chi connectivity index (χ2n) is 7.12. The van der Waals surface area contributed by atoms with Crippen LogP contribution in [0, 0.1) is 5.92 Å². The minimum atomic E-state index is 0.0945. The van der Waals surface area contributed by atoms with E-state index >= 15 is 0 Å². The van der Waals surface area contributed by atoms with E-state index in [1.54, 1.807) is 0 Å². The molecule has 0 aromatic carbocycles. The van der Waals surface area contributed by atoms with Crippen molar-refractivity contribution in [3.05, 3.63) is 16.1 Å². The van der Waals surface area contributed by atoms with Gasteiger partial charge in [-0.25, -0.2) is 4.98 Å². The van der Waals surface area contributed by atoms with Crippen LogP contribution in [-0.4, -0.2) is 54.7 Å². The molecule has 0 bridgehead atoms. The van der Waals surface area contributed by atoms with E-state index in [4.69, 9.17) is 4.74 Å². The fourth-order valence-corrected chi connectivity index (χ4v) is 4.45. The lowest BCUT2D eigenvalue weighted by molar-refractivity contribution is 0.0906. The third-order valence-electron chi connectivity index (χ3n) is 5.23. The molecule has 2 aliphatic heterocycles. The van der Waals surface area contributed by atoms with Gasteiger partial charge in [-0.1, -0.05) is 0 Å². The molecule has 3 fully saturated rings. The average Bonchev–Trinajstić information content (AvgIpc) is 3.07. The van der Waals surface area contributed by atoms with Crippen LogP contribution >= 0.6 is 11.3 Å². The summed E-state index contributed by atoms with van der Waals surface area (Å²) in [6, 6.07) is 0.313. The zero-order valence-corrected chi connectivity index (χ0v) is 14.3. The monoisotopic (exact) mass is 335 g/mol. The molecule has 23 heavy (non-hydrogen) atoms. The summed E-state index contributed by atoms with van der Waals surface area (Å²) in [5, 5.41) is 3.24. The summed E-state index contributed by atoms with van der Waals surface area (Å²) in [5.74, 6) is 1.34. The first-order valence-electron chi connectivity index (χ1n) is 8.84. The van der Waals surface area contributed by atoms with Crippen molar-refractivity contribution in [1.29, 1.82) is 0 Å². The molecule has 1 aliphatic carbocycles. The molecule has 1 aromatic heterocycles. The molecule has 4 rings (SSSR count). The highest BCUT2D eigenvalue weighted by Crippen LogP contribution is 2.41. The summed E-state index contributed by atoms with van der Waals surface area (Å²) in [6.07, 6.45) is 5.68. The van der Waals surface area contributed by atoms with Crippen molar-refractivity contribution in [2.75, 3.05) is 32.8 Å². The first kappa shape index (κ1) is 15.5. The van der Waals surface area contributed by atoms with Gasteiger partial charge in [-0.05, 0) is 38.0 Å². The number of amides is 1. The van der Waals surface area contributed by atoms with E-state index in [0.29, 0.717) is 17.9 Å². The Kier molecular flexibility index (Phi) is 4.64. The minimum Gasteiger partial charge on any atom is -0.381 e. The summed E-state index contributed by atoms with van der Waals surface area (Å²) in [4.78, 5) is 20.3. The zero-order chi connectivity index (χ0) is 15.6. The predicted molar refractivity (Wildman–Crippen MR) is 89.9 cm³/mol. The fraction of sp³-hybridized carbons (Fsp3) is 0.765. The quantitative estimate of drug-likeness (QED) is 0.897. The van der Waals surface area contributed by atoms with E-state index in [2.05, 4.69) is 15.2 Å². The summed E-state index contributed by atoms with van der Waals surface area (Å²) < 4.78 is 5.46. The molecule has 1 aromatic rings. The Balaban J connectivity index is 1.25. The molecule has 1 saturated carbocycles. The molecule has 1 N–H and O–H groups in total. The van der Waals surface area contributed by atoms with E-state index in [-0.39, 0.29) is 5.91 Å². The number of hydrogen-bond acceptors (Lipinski definition) is 5. The number of piperidine rings is 1. The van der Waals surface area contributed by atoms with E-state index in [1.165, 1.54) is 30.6 Å². The van der Waals surface area contributed by atoms with Crippen LogP contribution in [0.4, 0.5) is 0 Å². The van der Waals surface area contributed by atoms with Gasteiger partial charge in [-0.2, -0.15) is 0 Å². The van der Waals surface area contributed by atoms with Gasteiger partial charge >= 0.3 is 0 Å². The van der Waals surface area contributed by atoms with E-state index in [0.717, 1.165) is 56.3 Å². The summed E-state index contributed by atoms with van der Waals surface area (Å²) in [6.45, 7) is 5.17. The van der Waals surface area contributed by atoms with Gasteiger partial charge in [0.25, 0.3) is 5.91 Å². The highest BCUT2D eigenvalue weighted by Gasteiger charge is 2.31. The highest BCUT2D eigenvalue weighted by atomic mass is 32.1. The summed E-state index contributed by atoms with van der Waals surface area (Å²) in [7, 11) is 0. The standard InChI is InChI=1S/C17H25N3O2S/c21-17(16-15(13-1-2-13)18-11-23-16)19-14-3-6-20(7-4-14)9-12-5-8-22-10-12/h11-14H,1-10H2,(H,19,21)/t12-/m1/s1. The Morgan fingerprint density at radius 1 is 1.30 bits per heavy atom. The number of aromatic nitrogens is 1. The Bertz CT molecular complexity index is 544. The molecule has 3 aliphatic rings. The van der Waals surface area contributed by atoms with Crippen LogP contribution in [0.15, 0.2) is 5.51 Å². The smallest absolute Gasteiger partial charge is 0.263 e. The molecule has 1 atom stereocenters. The van der Waals surface area contributed by atoms with Gasteiger partial charge in [0.05, 0.1) is 17.8 Å². The van der Waals surface area contributed by atoms with E-state index < -0.39 is 0 Å². The molecule has 1 amide bonds. The second kappa shape index (κ2) is 6.87. The molecule has 6 heteroatoms. The van der Waals surface area contributed by atoms with Crippen LogP contribution in [0.1, 0.15) is 53.4 Å². The highest BCUT2D eigenvalue weighted by molar-refractivity contribution is 7.11. The van der Waals surface area contributed by atoms with Crippen molar-refractivity contribution < 1.29 is 9.53 Å². The van der Waals surface area contributed by atoms with Crippen molar-refractivity contribution in [2.24, 2.45) is 5.92 Å². The lowest BCUT2D eigenvalue weighted by atomic mass is 10.0. The number of carbonyl (C=O) groups is 1. The number of likely N-dealkylation sites (tertiary alicyclic amines) is 1. The number of rotatable bonds is 5. The largest absolute Gasteiger partial charge is 0.381 e. The number of hydrogen-bond donors (Lipinski definition) is 1. The molecule has 0 radical (unpaired) electrons. The Labute approximate surface area is 141 Å². The van der Waals surface area contributed by atoms with Gasteiger partial charge in [0.1, 0.15) is 4.88 Å². The number of nitrogens with zero attached hydrogens (tertiary/aromatic N) is 2. The summed E-state index contributed by atoms with van der Waals surface area (Å²) in [5.41, 5.74) is 2.85. The van der Waals surface area contributed by atoms with Crippen molar-refractivity contribution in [3.8, 4) is 0 Å². The Hall–Kier alpha value is -0.980. The van der Waals surface area contributed by atoms with E-state index in [1.807, 2.05) is 5.51 Å². The van der Waals surface area contributed by atoms with Crippen LogP contribution in [0.3, 0.4) is 0 Å². The Morgan fingerprint density at radius 2 is 2.13 bits per heavy atom. The zero-order valence-electron chi connectivity index (χ0n) is 13.5. The molecule has 5 nitrogen and oxygen atoms in total. The second-order valence-corrected chi connectivity index (χ2v) is 7.97. The van der Waals surface area contributed by atoms with Gasteiger partial charge in [0.2, 0.25) is 0 Å². The fourth-order valence-electron chi connectivity index (χ4n) is 3.68.